The number of aryl methyl sites for hydroxylation is 4. The lowest BCUT2D eigenvalue weighted by Crippen LogP contribution is -2.40. The monoisotopic (exact) mass is 813 g/mol. The van der Waals surface area contributed by atoms with E-state index < -0.39 is 22.1 Å². The van der Waals surface area contributed by atoms with Crippen LogP contribution in [-0.2, 0) is 48.6 Å². The molecule has 0 atom stereocenters. The van der Waals surface area contributed by atoms with Gasteiger partial charge in [0.05, 0.1) is 17.0 Å². The van der Waals surface area contributed by atoms with Crippen LogP contribution in [0.5, 0.6) is 0 Å². The Balaban J connectivity index is 0.000000210. The molecule has 0 aromatic carbocycles. The largest absolute Gasteiger partial charge is 0.478 e. The number of rotatable bonds is 14. The summed E-state index contributed by atoms with van der Waals surface area (Å²) in [6.07, 6.45) is 12.2. The van der Waals surface area contributed by atoms with Gasteiger partial charge in [-0.1, -0.05) is 39.3 Å². The number of nitrogens with one attached hydrogen (secondary N) is 1. The molecule has 0 spiro atoms. The minimum absolute atomic E-state index is 0.117. The molecule has 4 aromatic rings. The van der Waals surface area contributed by atoms with Gasteiger partial charge in [-0.25, -0.2) is 24.1 Å². The molecule has 296 valence electrons. The van der Waals surface area contributed by atoms with Gasteiger partial charge in [-0.05, 0) is 84.2 Å². The van der Waals surface area contributed by atoms with Crippen molar-refractivity contribution in [1.29, 1.82) is 0 Å². The van der Waals surface area contributed by atoms with Crippen molar-refractivity contribution in [3.63, 3.8) is 0 Å². The Morgan fingerprint density at radius 2 is 1.17 bits per heavy atom. The number of ether oxygens (including phenoxy) is 2. The average Bonchev–Trinajstić information content (AvgIpc) is 3.87. The third-order valence-electron chi connectivity index (χ3n) is 9.02. The number of nitrogens with zero attached hydrogens (tertiary/aromatic N) is 6. The predicted octanol–water partition coefficient (Wildman–Crippen LogP) is 8.62. The van der Waals surface area contributed by atoms with Crippen molar-refractivity contribution in [3.05, 3.63) is 44.7 Å². The third kappa shape index (κ3) is 12.2. The van der Waals surface area contributed by atoms with Crippen molar-refractivity contribution in [2.45, 2.75) is 143 Å². The Kier molecular flexibility index (Phi) is 13.9. The number of hydrogen-bond donors (Lipinski definition) is 2. The molecule has 54 heavy (non-hydrogen) atoms. The zero-order chi connectivity index (χ0) is 39.3. The standard InChI is InChI=1S/C21H34N4O2SSi.C17H25N3O3SSi/c1-21(2,3)23-19(26)15-13-25(14-27-11-12-29(4,5)6)24-18(15)20-22-16-9-7-8-10-17(16)28-20;1-25(2,3)9-8-23-11-20-10-12(17(21)22)15(19-20)16-18-13-6-4-5-7-14(13)24-16/h13H,7-12,14H2,1-6H3,(H,23,26);10H,4-9,11H2,1-3H3,(H,21,22). The normalized spacial score (nSPS) is 14.6. The lowest BCUT2D eigenvalue weighted by atomic mass is 10.0. The van der Waals surface area contributed by atoms with E-state index in [4.69, 9.17) is 19.6 Å². The molecule has 0 unspecified atom stereocenters. The fourth-order valence-corrected chi connectivity index (χ4v) is 9.81. The van der Waals surface area contributed by atoms with E-state index in [9.17, 15) is 14.7 Å². The first kappa shape index (κ1) is 42.1. The highest BCUT2D eigenvalue weighted by Gasteiger charge is 2.27. The van der Waals surface area contributed by atoms with Crippen LogP contribution in [0.4, 0.5) is 0 Å². The first-order valence-corrected chi connectivity index (χ1v) is 28.2. The molecular formula is C38H59N7O5S2Si2. The summed E-state index contributed by atoms with van der Waals surface area (Å²) < 4.78 is 14.8. The van der Waals surface area contributed by atoms with Gasteiger partial charge in [0.1, 0.15) is 40.4 Å². The van der Waals surface area contributed by atoms with Crippen molar-refractivity contribution in [2.75, 3.05) is 13.2 Å². The van der Waals surface area contributed by atoms with Crippen LogP contribution in [0.2, 0.25) is 51.4 Å². The highest BCUT2D eigenvalue weighted by molar-refractivity contribution is 7.15. The molecule has 2 N–H and O–H groups in total. The molecule has 0 fully saturated rings. The summed E-state index contributed by atoms with van der Waals surface area (Å²) in [5.74, 6) is -1.09. The number of aromatic nitrogens is 6. The summed E-state index contributed by atoms with van der Waals surface area (Å²) in [4.78, 5) is 36.6. The second-order valence-corrected chi connectivity index (χ2v) is 31.2. The molecule has 6 rings (SSSR count). The molecule has 0 aliphatic heterocycles. The van der Waals surface area contributed by atoms with E-state index in [1.54, 1.807) is 44.4 Å². The minimum Gasteiger partial charge on any atom is -0.478 e. The predicted molar refractivity (Wildman–Crippen MR) is 222 cm³/mol. The van der Waals surface area contributed by atoms with E-state index in [0.29, 0.717) is 35.3 Å². The molecule has 0 saturated heterocycles. The van der Waals surface area contributed by atoms with Gasteiger partial charge in [-0.3, -0.25) is 4.79 Å². The van der Waals surface area contributed by atoms with Crippen molar-refractivity contribution < 1.29 is 24.2 Å². The summed E-state index contributed by atoms with van der Waals surface area (Å²) in [7, 11) is -2.27. The minimum atomic E-state index is -1.13. The Morgan fingerprint density at radius 1 is 0.741 bits per heavy atom. The van der Waals surface area contributed by atoms with Crippen molar-refractivity contribution in [3.8, 4) is 21.4 Å². The van der Waals surface area contributed by atoms with Crippen LogP contribution in [-0.4, -0.2) is 81.4 Å². The number of carbonyl (C=O) groups is 2. The van der Waals surface area contributed by atoms with Crippen LogP contribution in [0.25, 0.3) is 21.4 Å². The van der Waals surface area contributed by atoms with Gasteiger partial charge in [0, 0.05) is 57.0 Å². The molecule has 16 heteroatoms. The first-order chi connectivity index (χ1) is 25.3. The highest BCUT2D eigenvalue weighted by atomic mass is 32.1. The number of carboxylic acid groups (broad SMARTS) is 1. The maximum atomic E-state index is 12.9. The average molecular weight is 814 g/mol. The molecule has 2 aliphatic carbocycles. The van der Waals surface area contributed by atoms with Crippen molar-refractivity contribution in [1.82, 2.24) is 34.8 Å². The van der Waals surface area contributed by atoms with Gasteiger partial charge in [-0.2, -0.15) is 10.2 Å². The number of fused-ring (bicyclic) bond motifs is 2. The fraction of sp³-hybridized carbons (Fsp3) is 0.632. The van der Waals surface area contributed by atoms with E-state index >= 15 is 0 Å². The smallest absolute Gasteiger partial charge is 0.339 e. The lowest BCUT2D eigenvalue weighted by molar-refractivity contribution is 0.0693. The molecule has 0 radical (unpaired) electrons. The van der Waals surface area contributed by atoms with E-state index in [1.165, 1.54) is 34.7 Å². The Labute approximate surface area is 330 Å². The van der Waals surface area contributed by atoms with Gasteiger partial charge in [0.25, 0.3) is 5.91 Å². The molecule has 4 heterocycles. The van der Waals surface area contributed by atoms with E-state index in [-0.39, 0.29) is 23.7 Å². The molecule has 12 nitrogen and oxygen atoms in total. The Bertz CT molecular complexity index is 1850. The third-order valence-corrected chi connectivity index (χ3v) is 14.8. The molecule has 4 aromatic heterocycles. The Morgan fingerprint density at radius 3 is 1.57 bits per heavy atom. The van der Waals surface area contributed by atoms with Crippen molar-refractivity contribution in [2.24, 2.45) is 0 Å². The summed E-state index contributed by atoms with van der Waals surface area (Å²) in [5.41, 5.74) is 3.87. The van der Waals surface area contributed by atoms with Gasteiger partial charge in [-0.15, -0.1) is 22.7 Å². The van der Waals surface area contributed by atoms with Gasteiger partial charge >= 0.3 is 5.97 Å². The number of carboxylic acids is 1. The van der Waals surface area contributed by atoms with Crippen LogP contribution in [0.15, 0.2) is 12.4 Å². The van der Waals surface area contributed by atoms with Crippen LogP contribution in [0.3, 0.4) is 0 Å². The van der Waals surface area contributed by atoms with Gasteiger partial charge < -0.3 is 19.9 Å². The van der Waals surface area contributed by atoms with E-state index in [0.717, 1.165) is 61.5 Å². The van der Waals surface area contributed by atoms with Crippen LogP contribution in [0, 0.1) is 0 Å². The summed E-state index contributed by atoms with van der Waals surface area (Å²) in [6.45, 7) is 21.9. The summed E-state index contributed by atoms with van der Waals surface area (Å²) in [5, 5.41) is 23.3. The SMILES string of the molecule is CC(C)(C)NC(=O)c1cn(COCC[Si](C)(C)C)nc1-c1nc2c(s1)CCCC2.C[Si](C)(C)CCOCn1cc(C(=O)O)c(-c2nc3c(s2)CCCC3)n1. The number of amides is 1. The zero-order valence-corrected chi connectivity index (χ0v) is 37.3. The number of thiazole rings is 2. The quantitative estimate of drug-likeness (QED) is 0.0944. The molecule has 0 saturated carbocycles. The van der Waals surface area contributed by atoms with Gasteiger partial charge in [0.15, 0.2) is 0 Å². The van der Waals surface area contributed by atoms with Crippen LogP contribution >= 0.6 is 22.7 Å². The second-order valence-electron chi connectivity index (χ2n) is 17.8. The zero-order valence-electron chi connectivity index (χ0n) is 33.6. The van der Waals surface area contributed by atoms with Crippen LogP contribution < -0.4 is 5.32 Å². The number of hydrogen-bond acceptors (Lipinski definition) is 10. The van der Waals surface area contributed by atoms with E-state index in [2.05, 4.69) is 54.7 Å². The fourth-order valence-electron chi connectivity index (χ4n) is 6.00. The van der Waals surface area contributed by atoms with Crippen molar-refractivity contribution >= 4 is 50.7 Å². The maximum Gasteiger partial charge on any atom is 0.339 e. The maximum absolute atomic E-state index is 12.9. The molecule has 2 aliphatic rings. The molecule has 1 amide bonds. The second kappa shape index (κ2) is 17.8. The summed E-state index contributed by atoms with van der Waals surface area (Å²) in [6, 6.07) is 2.18. The topological polar surface area (TPSA) is 146 Å². The molecular weight excluding hydrogens is 755 g/mol. The lowest BCUT2D eigenvalue weighted by Gasteiger charge is -2.20. The van der Waals surface area contributed by atoms with Gasteiger partial charge in [0.2, 0.25) is 0 Å². The number of aromatic carboxylic acids is 1. The van der Waals surface area contributed by atoms with Crippen LogP contribution in [0.1, 0.15) is 88.3 Å². The Hall–Kier alpha value is -3.03. The highest BCUT2D eigenvalue weighted by Crippen LogP contribution is 2.35. The first-order valence-electron chi connectivity index (χ1n) is 19.2. The van der Waals surface area contributed by atoms with E-state index in [1.807, 2.05) is 20.8 Å². The molecule has 0 bridgehead atoms. The summed E-state index contributed by atoms with van der Waals surface area (Å²) >= 11 is 3.26. The number of carbonyl (C=O) groups excluding carboxylic acids is 1.